The fourth-order valence-electron chi connectivity index (χ4n) is 2.23. The summed E-state index contributed by atoms with van der Waals surface area (Å²) in [6.45, 7) is 1.83. The predicted octanol–water partition coefficient (Wildman–Crippen LogP) is 1.97. The summed E-state index contributed by atoms with van der Waals surface area (Å²) in [7, 11) is -3.48. The van der Waals surface area contributed by atoms with Gasteiger partial charge in [-0.3, -0.25) is 9.71 Å². The van der Waals surface area contributed by atoms with Gasteiger partial charge in [-0.25, -0.2) is 0 Å². The van der Waals surface area contributed by atoms with E-state index in [0.29, 0.717) is 5.69 Å². The van der Waals surface area contributed by atoms with E-state index in [0.717, 1.165) is 31.4 Å². The maximum absolute atomic E-state index is 11.9. The maximum atomic E-state index is 11.9. The van der Waals surface area contributed by atoms with Gasteiger partial charge in [-0.2, -0.15) is 13.1 Å². The minimum absolute atomic E-state index is 0.0687. The van der Waals surface area contributed by atoms with Crippen LogP contribution in [0.25, 0.3) is 0 Å². The molecule has 0 spiro atoms. The topological polar surface area (TPSA) is 71.1 Å². The van der Waals surface area contributed by atoms with Crippen LogP contribution in [0.3, 0.4) is 0 Å². The standard InChI is InChI=1S/C12H19N3O2S/c1-10-9-12(7-8-13-10)15-18(16,17)14-11-5-3-2-4-6-11/h7-9,11,14H,2-6H2,1H3,(H,13,15). The van der Waals surface area contributed by atoms with Crippen molar-refractivity contribution >= 4 is 15.9 Å². The van der Waals surface area contributed by atoms with Crippen molar-refractivity contribution in [1.82, 2.24) is 9.71 Å². The average Bonchev–Trinajstić information content (AvgIpc) is 2.28. The van der Waals surface area contributed by atoms with Crippen molar-refractivity contribution < 1.29 is 8.42 Å². The van der Waals surface area contributed by atoms with Gasteiger partial charge in [-0.1, -0.05) is 19.3 Å². The Labute approximate surface area is 108 Å². The third kappa shape index (κ3) is 3.96. The fourth-order valence-corrected chi connectivity index (χ4v) is 3.40. The molecule has 1 aromatic heterocycles. The van der Waals surface area contributed by atoms with Crippen molar-refractivity contribution in [3.63, 3.8) is 0 Å². The molecule has 0 unspecified atom stereocenters. The van der Waals surface area contributed by atoms with Gasteiger partial charge in [-0.05, 0) is 31.9 Å². The molecule has 0 atom stereocenters. The molecule has 100 valence electrons. The summed E-state index contributed by atoms with van der Waals surface area (Å²) >= 11 is 0. The first kappa shape index (κ1) is 13.3. The van der Waals surface area contributed by atoms with E-state index in [-0.39, 0.29) is 6.04 Å². The number of aromatic nitrogens is 1. The number of nitrogens with zero attached hydrogens (tertiary/aromatic N) is 1. The Bertz CT molecular complexity index is 496. The van der Waals surface area contributed by atoms with Crippen molar-refractivity contribution in [2.45, 2.75) is 45.1 Å². The molecule has 1 aromatic rings. The van der Waals surface area contributed by atoms with Crippen molar-refractivity contribution in [1.29, 1.82) is 0 Å². The Morgan fingerprint density at radius 1 is 1.28 bits per heavy atom. The first-order chi connectivity index (χ1) is 8.55. The average molecular weight is 269 g/mol. The molecule has 1 fully saturated rings. The van der Waals surface area contributed by atoms with Crippen molar-refractivity contribution in [2.24, 2.45) is 0 Å². The van der Waals surface area contributed by atoms with Gasteiger partial charge in [0, 0.05) is 17.9 Å². The molecule has 1 heterocycles. The molecule has 2 N–H and O–H groups in total. The lowest BCUT2D eigenvalue weighted by Gasteiger charge is -2.22. The van der Waals surface area contributed by atoms with Gasteiger partial charge in [0.1, 0.15) is 0 Å². The first-order valence-corrected chi connectivity index (χ1v) is 7.76. The molecule has 0 saturated heterocycles. The molecule has 0 radical (unpaired) electrons. The third-order valence-corrected chi connectivity index (χ3v) is 4.22. The second-order valence-corrected chi connectivity index (χ2v) is 6.19. The van der Waals surface area contributed by atoms with E-state index in [1.807, 2.05) is 6.92 Å². The van der Waals surface area contributed by atoms with Gasteiger partial charge in [0.25, 0.3) is 10.2 Å². The summed E-state index contributed by atoms with van der Waals surface area (Å²) in [6, 6.07) is 3.42. The van der Waals surface area contributed by atoms with Gasteiger partial charge >= 0.3 is 0 Å². The SMILES string of the molecule is Cc1cc(NS(=O)(=O)NC2CCCCC2)ccn1. The Morgan fingerprint density at radius 3 is 2.67 bits per heavy atom. The van der Waals surface area contributed by atoms with E-state index in [9.17, 15) is 8.42 Å². The number of aryl methyl sites for hydroxylation is 1. The van der Waals surface area contributed by atoms with Crippen LogP contribution < -0.4 is 9.44 Å². The van der Waals surface area contributed by atoms with Gasteiger partial charge in [0.05, 0.1) is 5.69 Å². The maximum Gasteiger partial charge on any atom is 0.299 e. The van der Waals surface area contributed by atoms with Crippen LogP contribution in [-0.4, -0.2) is 19.4 Å². The first-order valence-electron chi connectivity index (χ1n) is 6.28. The Morgan fingerprint density at radius 2 is 2.00 bits per heavy atom. The summed E-state index contributed by atoms with van der Waals surface area (Å²) < 4.78 is 29.1. The van der Waals surface area contributed by atoms with Crippen LogP contribution in [0, 0.1) is 6.92 Å². The summed E-state index contributed by atoms with van der Waals surface area (Å²) in [4.78, 5) is 4.03. The number of nitrogens with one attached hydrogen (secondary N) is 2. The zero-order valence-electron chi connectivity index (χ0n) is 10.5. The zero-order chi connectivity index (χ0) is 13.0. The normalized spacial score (nSPS) is 17.6. The minimum Gasteiger partial charge on any atom is -0.271 e. The Kier molecular flexibility index (Phi) is 4.19. The molecule has 18 heavy (non-hydrogen) atoms. The lowest BCUT2D eigenvalue weighted by Crippen LogP contribution is -2.39. The van der Waals surface area contributed by atoms with Crippen LogP contribution in [0.4, 0.5) is 5.69 Å². The highest BCUT2D eigenvalue weighted by atomic mass is 32.2. The number of hydrogen-bond donors (Lipinski definition) is 2. The highest BCUT2D eigenvalue weighted by Gasteiger charge is 2.19. The number of pyridine rings is 1. The molecule has 6 heteroatoms. The number of rotatable bonds is 4. The highest BCUT2D eigenvalue weighted by Crippen LogP contribution is 2.18. The van der Waals surface area contributed by atoms with Gasteiger partial charge < -0.3 is 0 Å². The zero-order valence-corrected chi connectivity index (χ0v) is 11.3. The molecule has 0 bridgehead atoms. The van der Waals surface area contributed by atoms with Crippen LogP contribution in [0.5, 0.6) is 0 Å². The van der Waals surface area contributed by atoms with Gasteiger partial charge in [0.15, 0.2) is 0 Å². The largest absolute Gasteiger partial charge is 0.299 e. The lowest BCUT2D eigenvalue weighted by molar-refractivity contribution is 0.413. The predicted molar refractivity (Wildman–Crippen MR) is 71.5 cm³/mol. The lowest BCUT2D eigenvalue weighted by atomic mass is 9.96. The van der Waals surface area contributed by atoms with Gasteiger partial charge in [0.2, 0.25) is 0 Å². The van der Waals surface area contributed by atoms with Crippen molar-refractivity contribution in [2.75, 3.05) is 4.72 Å². The Balaban J connectivity index is 1.98. The van der Waals surface area contributed by atoms with Crippen LogP contribution in [-0.2, 0) is 10.2 Å². The fraction of sp³-hybridized carbons (Fsp3) is 0.583. The van der Waals surface area contributed by atoms with Gasteiger partial charge in [-0.15, -0.1) is 0 Å². The molecule has 1 aliphatic carbocycles. The van der Waals surface area contributed by atoms with Crippen LogP contribution >= 0.6 is 0 Å². The second-order valence-electron chi connectivity index (χ2n) is 4.74. The summed E-state index contributed by atoms with van der Waals surface area (Å²) in [6.07, 6.45) is 6.85. The minimum atomic E-state index is -3.48. The van der Waals surface area contributed by atoms with E-state index in [4.69, 9.17) is 0 Å². The highest BCUT2D eigenvalue weighted by molar-refractivity contribution is 7.90. The molecule has 1 aliphatic rings. The smallest absolute Gasteiger partial charge is 0.271 e. The summed E-state index contributed by atoms with van der Waals surface area (Å²) in [5.41, 5.74) is 1.33. The van der Waals surface area contributed by atoms with Crippen LogP contribution in [0.15, 0.2) is 18.3 Å². The Hall–Kier alpha value is -1.14. The van der Waals surface area contributed by atoms with Crippen molar-refractivity contribution in [3.8, 4) is 0 Å². The van der Waals surface area contributed by atoms with E-state index in [2.05, 4.69) is 14.4 Å². The van der Waals surface area contributed by atoms with E-state index < -0.39 is 10.2 Å². The van der Waals surface area contributed by atoms with Crippen LogP contribution in [0.1, 0.15) is 37.8 Å². The monoisotopic (exact) mass is 269 g/mol. The quantitative estimate of drug-likeness (QED) is 0.878. The molecule has 2 rings (SSSR count). The molecular formula is C12H19N3O2S. The molecule has 0 aliphatic heterocycles. The number of anilines is 1. The molecular weight excluding hydrogens is 250 g/mol. The number of hydrogen-bond acceptors (Lipinski definition) is 3. The molecule has 5 nitrogen and oxygen atoms in total. The molecule has 0 aromatic carbocycles. The molecule has 0 amide bonds. The summed E-state index contributed by atoms with van der Waals surface area (Å²) in [5, 5.41) is 0. The second kappa shape index (κ2) is 5.67. The molecule has 1 saturated carbocycles. The summed E-state index contributed by atoms with van der Waals surface area (Å²) in [5.74, 6) is 0. The van der Waals surface area contributed by atoms with Crippen LogP contribution in [0.2, 0.25) is 0 Å². The van der Waals surface area contributed by atoms with Crippen molar-refractivity contribution in [3.05, 3.63) is 24.0 Å². The van der Waals surface area contributed by atoms with E-state index in [1.54, 1.807) is 18.3 Å². The van der Waals surface area contributed by atoms with E-state index >= 15 is 0 Å². The third-order valence-electron chi connectivity index (χ3n) is 3.08. The van der Waals surface area contributed by atoms with E-state index in [1.165, 1.54) is 6.42 Å².